The number of nitrogens with zero attached hydrogens (tertiary/aromatic N) is 3. The Labute approximate surface area is 110 Å². The van der Waals surface area contributed by atoms with Gasteiger partial charge in [-0.15, -0.1) is 0 Å². The normalized spacial score (nSPS) is 10.3. The van der Waals surface area contributed by atoms with Gasteiger partial charge in [0.05, 0.1) is 0 Å². The lowest BCUT2D eigenvalue weighted by atomic mass is 10.2. The lowest BCUT2D eigenvalue weighted by Gasteiger charge is -2.18. The molecule has 1 aromatic heterocycles. The fraction of sp³-hybridized carbons (Fsp3) is 0.167. The summed E-state index contributed by atoms with van der Waals surface area (Å²) in [6.07, 6.45) is 3.19. The van der Waals surface area contributed by atoms with Crippen molar-refractivity contribution in [3.63, 3.8) is 0 Å². The molecule has 88 valence electrons. The molecular weight excluding hydrogens is 257 g/mol. The van der Waals surface area contributed by atoms with E-state index in [4.69, 9.17) is 23.2 Å². The molecule has 0 atom stereocenters. The Morgan fingerprint density at radius 3 is 2.65 bits per heavy atom. The summed E-state index contributed by atoms with van der Waals surface area (Å²) in [6, 6.07) is 7.69. The van der Waals surface area contributed by atoms with E-state index in [0.29, 0.717) is 17.5 Å². The molecule has 0 fully saturated rings. The number of rotatable bonds is 3. The summed E-state index contributed by atoms with van der Waals surface area (Å²) in [5.74, 6) is 0.661. The van der Waals surface area contributed by atoms with E-state index < -0.39 is 0 Å². The third kappa shape index (κ3) is 3.08. The Morgan fingerprint density at radius 2 is 1.94 bits per heavy atom. The largest absolute Gasteiger partial charge is 0.353 e. The second-order valence-corrected chi connectivity index (χ2v) is 4.45. The van der Waals surface area contributed by atoms with Crippen LogP contribution in [0.25, 0.3) is 0 Å². The molecule has 0 aliphatic rings. The fourth-order valence-electron chi connectivity index (χ4n) is 1.55. The quantitative estimate of drug-likeness (QED) is 0.854. The first-order chi connectivity index (χ1) is 8.16. The molecule has 0 amide bonds. The summed E-state index contributed by atoms with van der Waals surface area (Å²) in [5.41, 5.74) is 1.10. The number of hydrogen-bond donors (Lipinski definition) is 0. The van der Waals surface area contributed by atoms with Gasteiger partial charge in [-0.25, -0.2) is 9.97 Å². The highest BCUT2D eigenvalue weighted by Crippen LogP contribution is 2.21. The smallest absolute Gasteiger partial charge is 0.171 e. The molecule has 3 nitrogen and oxygen atoms in total. The van der Waals surface area contributed by atoms with Crippen LogP contribution in [-0.2, 0) is 6.54 Å². The molecule has 0 aliphatic carbocycles. The van der Waals surface area contributed by atoms with Gasteiger partial charge in [-0.2, -0.15) is 0 Å². The molecule has 2 rings (SSSR count). The van der Waals surface area contributed by atoms with E-state index in [9.17, 15) is 0 Å². The van der Waals surface area contributed by atoms with E-state index in [0.717, 1.165) is 10.6 Å². The molecule has 5 heteroatoms. The summed E-state index contributed by atoms with van der Waals surface area (Å²) < 4.78 is 0. The van der Waals surface area contributed by atoms with Gasteiger partial charge in [-0.05, 0) is 17.7 Å². The Hall–Kier alpha value is -1.32. The van der Waals surface area contributed by atoms with Gasteiger partial charge in [-0.1, -0.05) is 35.3 Å². The third-order valence-electron chi connectivity index (χ3n) is 2.31. The first-order valence-corrected chi connectivity index (χ1v) is 5.84. The van der Waals surface area contributed by atoms with E-state index >= 15 is 0 Å². The van der Waals surface area contributed by atoms with Crippen molar-refractivity contribution < 1.29 is 0 Å². The van der Waals surface area contributed by atoms with E-state index in [2.05, 4.69) is 9.97 Å². The third-order valence-corrected chi connectivity index (χ3v) is 2.81. The van der Waals surface area contributed by atoms with Gasteiger partial charge >= 0.3 is 0 Å². The van der Waals surface area contributed by atoms with Gasteiger partial charge in [0.15, 0.2) is 11.0 Å². The average molecular weight is 268 g/mol. The van der Waals surface area contributed by atoms with Gasteiger partial charge in [0.25, 0.3) is 0 Å². The Balaban J connectivity index is 2.17. The molecule has 0 N–H and O–H groups in total. The van der Waals surface area contributed by atoms with Crippen LogP contribution in [0.2, 0.25) is 10.2 Å². The van der Waals surface area contributed by atoms with Crippen LogP contribution in [0.15, 0.2) is 36.7 Å². The van der Waals surface area contributed by atoms with Crippen LogP contribution in [0.4, 0.5) is 5.82 Å². The maximum absolute atomic E-state index is 5.98. The van der Waals surface area contributed by atoms with Crippen LogP contribution in [-0.4, -0.2) is 17.0 Å². The van der Waals surface area contributed by atoms with Gasteiger partial charge in [0, 0.05) is 31.0 Å². The maximum atomic E-state index is 5.98. The van der Waals surface area contributed by atoms with Crippen LogP contribution in [0.5, 0.6) is 0 Å². The average Bonchev–Trinajstić information content (AvgIpc) is 2.29. The monoisotopic (exact) mass is 267 g/mol. The van der Waals surface area contributed by atoms with Crippen LogP contribution < -0.4 is 4.90 Å². The van der Waals surface area contributed by atoms with Crippen molar-refractivity contribution in [2.75, 3.05) is 11.9 Å². The number of aromatic nitrogens is 2. The second kappa shape index (κ2) is 5.34. The lowest BCUT2D eigenvalue weighted by molar-refractivity contribution is 0.890. The highest BCUT2D eigenvalue weighted by molar-refractivity contribution is 6.31. The number of hydrogen-bond acceptors (Lipinski definition) is 3. The van der Waals surface area contributed by atoms with E-state index in [-0.39, 0.29) is 0 Å². The van der Waals surface area contributed by atoms with Crippen LogP contribution in [0.3, 0.4) is 0 Å². The molecule has 1 heterocycles. The highest BCUT2D eigenvalue weighted by atomic mass is 35.5. The van der Waals surface area contributed by atoms with Gasteiger partial charge in [0.1, 0.15) is 0 Å². The lowest BCUT2D eigenvalue weighted by Crippen LogP contribution is -2.18. The molecule has 0 saturated carbocycles. The van der Waals surface area contributed by atoms with Gasteiger partial charge in [-0.3, -0.25) is 0 Å². The van der Waals surface area contributed by atoms with Crippen molar-refractivity contribution >= 4 is 29.0 Å². The summed E-state index contributed by atoms with van der Waals surface area (Å²) in [6.45, 7) is 0.680. The molecule has 0 aliphatic heterocycles. The van der Waals surface area contributed by atoms with Crippen molar-refractivity contribution in [1.82, 2.24) is 9.97 Å². The van der Waals surface area contributed by atoms with E-state index in [1.807, 2.05) is 36.2 Å². The topological polar surface area (TPSA) is 29.0 Å². The number of anilines is 1. The molecule has 2 aromatic rings. The van der Waals surface area contributed by atoms with Crippen LogP contribution in [0.1, 0.15) is 5.56 Å². The minimum atomic E-state index is 0.400. The Morgan fingerprint density at radius 1 is 1.18 bits per heavy atom. The molecular formula is C12H11Cl2N3. The van der Waals surface area contributed by atoms with Crippen molar-refractivity contribution in [2.24, 2.45) is 0 Å². The Kier molecular flexibility index (Phi) is 3.82. The number of halogens is 2. The van der Waals surface area contributed by atoms with Crippen LogP contribution in [0, 0.1) is 0 Å². The first-order valence-electron chi connectivity index (χ1n) is 5.09. The zero-order valence-corrected chi connectivity index (χ0v) is 10.8. The minimum Gasteiger partial charge on any atom is -0.353 e. The summed E-state index contributed by atoms with van der Waals surface area (Å²) in [5, 5.41) is 1.12. The van der Waals surface area contributed by atoms with Crippen molar-refractivity contribution in [1.29, 1.82) is 0 Å². The summed E-state index contributed by atoms with van der Waals surface area (Å²) in [7, 11) is 1.91. The molecule has 17 heavy (non-hydrogen) atoms. The maximum Gasteiger partial charge on any atom is 0.171 e. The minimum absolute atomic E-state index is 0.400. The summed E-state index contributed by atoms with van der Waals surface area (Å²) >= 11 is 11.9. The second-order valence-electron chi connectivity index (χ2n) is 3.66. The highest BCUT2D eigenvalue weighted by Gasteiger charge is 2.08. The van der Waals surface area contributed by atoms with Crippen LogP contribution >= 0.6 is 23.2 Å². The molecule has 1 aromatic carbocycles. The molecule has 0 unspecified atom stereocenters. The van der Waals surface area contributed by atoms with Gasteiger partial charge in [0.2, 0.25) is 0 Å². The van der Waals surface area contributed by atoms with Crippen molar-refractivity contribution in [3.8, 4) is 0 Å². The van der Waals surface area contributed by atoms with E-state index in [1.54, 1.807) is 12.4 Å². The predicted molar refractivity (Wildman–Crippen MR) is 70.6 cm³/mol. The summed E-state index contributed by atoms with van der Waals surface area (Å²) in [4.78, 5) is 10.1. The zero-order valence-electron chi connectivity index (χ0n) is 9.27. The standard InChI is InChI=1S/C12H11Cl2N3/c1-17(12-11(14)15-5-6-16-12)8-9-3-2-4-10(13)7-9/h2-7H,8H2,1H3. The van der Waals surface area contributed by atoms with Crippen molar-refractivity contribution in [3.05, 3.63) is 52.4 Å². The van der Waals surface area contributed by atoms with Gasteiger partial charge < -0.3 is 4.90 Å². The Bertz CT molecular complexity index is 517. The number of benzene rings is 1. The predicted octanol–water partition coefficient (Wildman–Crippen LogP) is 3.42. The molecule has 0 spiro atoms. The zero-order chi connectivity index (χ0) is 12.3. The molecule has 0 radical (unpaired) electrons. The van der Waals surface area contributed by atoms with Crippen molar-refractivity contribution in [2.45, 2.75) is 6.54 Å². The molecule has 0 bridgehead atoms. The van der Waals surface area contributed by atoms with E-state index in [1.165, 1.54) is 0 Å². The fourth-order valence-corrected chi connectivity index (χ4v) is 2.02. The molecule has 0 saturated heterocycles. The SMILES string of the molecule is CN(Cc1cccc(Cl)c1)c1nccnc1Cl. The first kappa shape index (κ1) is 12.1.